The van der Waals surface area contributed by atoms with Crippen LogP contribution in [-0.4, -0.2) is 0 Å². The minimum absolute atomic E-state index is 0.0157. The van der Waals surface area contributed by atoms with E-state index in [-0.39, 0.29) is 21.7 Å². The van der Waals surface area contributed by atoms with E-state index in [0.29, 0.717) is 0 Å². The van der Waals surface area contributed by atoms with Crippen LogP contribution >= 0.6 is 0 Å². The maximum absolute atomic E-state index is 6.55. The van der Waals surface area contributed by atoms with Crippen molar-refractivity contribution in [1.82, 2.24) is 0 Å². The summed E-state index contributed by atoms with van der Waals surface area (Å²) in [5, 5.41) is 2.33. The molecule has 2 aliphatic rings. The lowest BCUT2D eigenvalue weighted by Gasteiger charge is -2.45. The van der Waals surface area contributed by atoms with E-state index in [1.807, 2.05) is 0 Å². The van der Waals surface area contributed by atoms with E-state index in [4.69, 9.17) is 4.42 Å². The van der Waals surface area contributed by atoms with Gasteiger partial charge in [0.25, 0.3) is 0 Å². The summed E-state index contributed by atoms with van der Waals surface area (Å²) < 4.78 is 6.55. The van der Waals surface area contributed by atoms with Crippen molar-refractivity contribution in [2.24, 2.45) is 16.2 Å². The lowest BCUT2D eigenvalue weighted by molar-refractivity contribution is 0.168. The molecule has 11 rings (SSSR count). The molecule has 9 aromatic rings. The van der Waals surface area contributed by atoms with Gasteiger partial charge < -0.3 is 9.32 Å². The SMILES string of the molecule is CC(C)(C)CC1(C2=CCC(C)(C(C)(C)C)C=C2)c2cc(N(c3ccc(-c4ccccc4)cc3)c3ccccc3-c3ccccc3)ccc2-c2c1ccc(-c1cccc3oc4ccccc4c13)c2C(C)(C)C. The third-order valence-electron chi connectivity index (χ3n) is 15.9. The van der Waals surface area contributed by atoms with Crippen LogP contribution < -0.4 is 4.90 Å². The third-order valence-corrected chi connectivity index (χ3v) is 15.9. The van der Waals surface area contributed by atoms with Crippen LogP contribution in [0.3, 0.4) is 0 Å². The normalized spacial score (nSPS) is 17.9. The molecule has 0 radical (unpaired) electrons. The number of benzene rings is 8. The molecule has 0 saturated carbocycles. The van der Waals surface area contributed by atoms with Gasteiger partial charge in [-0.15, -0.1) is 0 Å². The number of furan rings is 1. The Morgan fingerprint density at radius 1 is 0.521 bits per heavy atom. The highest BCUT2D eigenvalue weighted by atomic mass is 16.3. The van der Waals surface area contributed by atoms with Crippen molar-refractivity contribution in [2.45, 2.75) is 92.9 Å². The average molecular weight is 926 g/mol. The molecule has 71 heavy (non-hydrogen) atoms. The molecule has 2 atom stereocenters. The molecule has 1 heterocycles. The van der Waals surface area contributed by atoms with Gasteiger partial charge in [0, 0.05) is 33.1 Å². The lowest BCUT2D eigenvalue weighted by atomic mass is 9.59. The van der Waals surface area contributed by atoms with Gasteiger partial charge in [0.1, 0.15) is 11.2 Å². The summed E-state index contributed by atoms with van der Waals surface area (Å²) >= 11 is 0. The molecule has 354 valence electrons. The van der Waals surface area contributed by atoms with Gasteiger partial charge >= 0.3 is 0 Å². The van der Waals surface area contributed by atoms with E-state index >= 15 is 0 Å². The van der Waals surface area contributed by atoms with Crippen LogP contribution in [0.25, 0.3) is 66.4 Å². The Morgan fingerprint density at radius 2 is 1.13 bits per heavy atom. The Kier molecular flexibility index (Phi) is 11.1. The van der Waals surface area contributed by atoms with E-state index in [1.165, 1.54) is 72.2 Å². The molecule has 2 unspecified atom stereocenters. The largest absolute Gasteiger partial charge is 0.456 e. The Labute approximate surface area is 422 Å². The van der Waals surface area contributed by atoms with Crippen molar-refractivity contribution in [3.05, 3.63) is 222 Å². The van der Waals surface area contributed by atoms with Crippen LogP contribution in [0.1, 0.15) is 98.8 Å². The minimum Gasteiger partial charge on any atom is -0.456 e. The van der Waals surface area contributed by atoms with Crippen LogP contribution in [0.5, 0.6) is 0 Å². The zero-order valence-corrected chi connectivity index (χ0v) is 43.3. The van der Waals surface area contributed by atoms with Crippen LogP contribution in [0.4, 0.5) is 17.1 Å². The van der Waals surface area contributed by atoms with Gasteiger partial charge in [0.2, 0.25) is 0 Å². The van der Waals surface area contributed by atoms with E-state index < -0.39 is 5.41 Å². The van der Waals surface area contributed by atoms with Crippen molar-refractivity contribution in [3.8, 4) is 44.5 Å². The Hall–Kier alpha value is -7.16. The number of rotatable bonds is 8. The molecule has 0 N–H and O–H groups in total. The first-order valence-electron chi connectivity index (χ1n) is 25.7. The molecule has 0 fully saturated rings. The number of allylic oxidation sites excluding steroid dienone is 4. The highest BCUT2D eigenvalue weighted by Gasteiger charge is 2.51. The van der Waals surface area contributed by atoms with E-state index in [0.717, 1.165) is 46.5 Å². The quantitative estimate of drug-likeness (QED) is 0.151. The molecule has 0 saturated heterocycles. The van der Waals surface area contributed by atoms with Crippen molar-refractivity contribution in [1.29, 1.82) is 0 Å². The monoisotopic (exact) mass is 926 g/mol. The smallest absolute Gasteiger partial charge is 0.136 e. The van der Waals surface area contributed by atoms with Gasteiger partial charge in [-0.25, -0.2) is 0 Å². The van der Waals surface area contributed by atoms with Crippen molar-refractivity contribution in [2.75, 3.05) is 4.90 Å². The summed E-state index contributed by atoms with van der Waals surface area (Å²) in [6.07, 6.45) is 9.61. The van der Waals surface area contributed by atoms with Crippen LogP contribution in [0.15, 0.2) is 210 Å². The summed E-state index contributed by atoms with van der Waals surface area (Å²) in [6.45, 7) is 24.1. The van der Waals surface area contributed by atoms with Crippen LogP contribution in [0.2, 0.25) is 0 Å². The standard InChI is InChI=1S/C69H67NO/c1-65(2,3)45-69(49-40-42-68(10,43-41-49)67(7,8)9)57-39-38-54(53-28-21-31-61-62(53)56-27-18-20-30-60(56)71-61)64(66(4,5)6)63(57)55-37-36-51(44-58(55)69)70(50-34-32-47(33-35-50)46-22-13-11-14-23-46)59-29-19-17-26-52(59)48-24-15-12-16-25-48/h11-42,44H,43,45H2,1-10H3. The fourth-order valence-corrected chi connectivity index (χ4v) is 12.0. The molecule has 8 aromatic carbocycles. The molecule has 1 aromatic heterocycles. The number of anilines is 3. The second-order valence-electron chi connectivity index (χ2n) is 23.8. The number of hydrogen-bond donors (Lipinski definition) is 0. The Balaban J connectivity index is 1.22. The number of fused-ring (bicyclic) bond motifs is 6. The number of hydrogen-bond acceptors (Lipinski definition) is 2. The average Bonchev–Trinajstić information content (AvgIpc) is 3.87. The zero-order chi connectivity index (χ0) is 49.5. The maximum atomic E-state index is 6.55. The molecule has 2 aliphatic carbocycles. The van der Waals surface area contributed by atoms with Crippen molar-refractivity contribution in [3.63, 3.8) is 0 Å². The number of para-hydroxylation sites is 2. The van der Waals surface area contributed by atoms with E-state index in [1.54, 1.807) is 0 Å². The molecular formula is C69H67NO. The fourth-order valence-electron chi connectivity index (χ4n) is 12.0. The predicted octanol–water partition coefficient (Wildman–Crippen LogP) is 20.0. The van der Waals surface area contributed by atoms with E-state index in [9.17, 15) is 0 Å². The van der Waals surface area contributed by atoms with Crippen molar-refractivity contribution < 1.29 is 4.42 Å². The summed E-state index contributed by atoms with van der Waals surface area (Å²) in [6, 6.07) is 67.2. The highest BCUT2D eigenvalue weighted by Crippen LogP contribution is 2.63. The second kappa shape index (κ2) is 17.0. The molecular weight excluding hydrogens is 859 g/mol. The van der Waals surface area contributed by atoms with Gasteiger partial charge in [0.05, 0.1) is 5.69 Å². The minimum atomic E-state index is -0.455. The zero-order valence-electron chi connectivity index (χ0n) is 43.3. The molecule has 0 aliphatic heterocycles. The Morgan fingerprint density at radius 3 is 1.80 bits per heavy atom. The third kappa shape index (κ3) is 7.88. The molecule has 0 bridgehead atoms. The first-order chi connectivity index (χ1) is 34.0. The van der Waals surface area contributed by atoms with Gasteiger partial charge in [-0.2, -0.15) is 0 Å². The summed E-state index contributed by atoms with van der Waals surface area (Å²) in [7, 11) is 0. The van der Waals surface area contributed by atoms with Gasteiger partial charge in [-0.05, 0) is 138 Å². The Bertz CT molecular complexity index is 3530. The van der Waals surface area contributed by atoms with Crippen molar-refractivity contribution >= 4 is 39.0 Å². The predicted molar refractivity (Wildman–Crippen MR) is 303 cm³/mol. The first kappa shape index (κ1) is 46.2. The van der Waals surface area contributed by atoms with Crippen LogP contribution in [-0.2, 0) is 10.8 Å². The highest BCUT2D eigenvalue weighted by molar-refractivity contribution is 6.13. The fraction of sp³-hybridized carbons (Fsp3) is 0.246. The first-order valence-corrected chi connectivity index (χ1v) is 25.7. The van der Waals surface area contributed by atoms with E-state index in [2.05, 4.69) is 274 Å². The number of nitrogens with zero attached hydrogens (tertiary/aromatic N) is 1. The summed E-state index contributed by atoms with van der Waals surface area (Å²) in [4.78, 5) is 2.50. The van der Waals surface area contributed by atoms with Gasteiger partial charge in [-0.1, -0.05) is 227 Å². The molecule has 0 amide bonds. The molecule has 0 spiro atoms. The summed E-state index contributed by atoms with van der Waals surface area (Å²) in [5.74, 6) is 0. The van der Waals surface area contributed by atoms with Gasteiger partial charge in [0.15, 0.2) is 0 Å². The van der Waals surface area contributed by atoms with Gasteiger partial charge in [-0.3, -0.25) is 0 Å². The summed E-state index contributed by atoms with van der Waals surface area (Å²) in [5.41, 5.74) is 20.1. The lowest BCUT2D eigenvalue weighted by Crippen LogP contribution is -2.36. The second-order valence-corrected chi connectivity index (χ2v) is 23.8. The topological polar surface area (TPSA) is 16.4 Å². The molecule has 2 heteroatoms. The molecule has 2 nitrogen and oxygen atoms in total. The maximum Gasteiger partial charge on any atom is 0.136 e. The van der Waals surface area contributed by atoms with Crippen LogP contribution in [0, 0.1) is 16.2 Å².